The number of aromatic nitrogens is 2. The van der Waals surface area contributed by atoms with Crippen molar-refractivity contribution in [3.05, 3.63) is 90.5 Å². The number of amides is 1. The maximum Gasteiger partial charge on any atom is 0.321 e. The lowest BCUT2D eigenvalue weighted by Gasteiger charge is -2.19. The Morgan fingerprint density at radius 3 is 2.42 bits per heavy atom. The van der Waals surface area contributed by atoms with E-state index in [1.54, 1.807) is 48.8 Å². The zero-order chi connectivity index (χ0) is 22.6. The second-order valence-electron chi connectivity index (χ2n) is 7.20. The number of nitrogens with one attached hydrogen (secondary N) is 1. The lowest BCUT2D eigenvalue weighted by Crippen LogP contribution is -2.16. The van der Waals surface area contributed by atoms with Gasteiger partial charge in [0.05, 0.1) is 0 Å². The van der Waals surface area contributed by atoms with Crippen LogP contribution in [-0.2, 0) is 0 Å². The van der Waals surface area contributed by atoms with E-state index in [9.17, 15) is 9.18 Å². The summed E-state index contributed by atoms with van der Waals surface area (Å²) in [6.07, 6.45) is 3.20. The van der Waals surface area contributed by atoms with Crippen molar-refractivity contribution in [2.75, 3.05) is 18.5 Å². The molecule has 0 radical (unpaired) electrons. The van der Waals surface area contributed by atoms with Crippen LogP contribution < -0.4 is 19.5 Å². The highest BCUT2D eigenvalue weighted by atomic mass is 19.1. The fourth-order valence-corrected chi connectivity index (χ4v) is 3.29. The summed E-state index contributed by atoms with van der Waals surface area (Å²) in [7, 11) is 0. The summed E-state index contributed by atoms with van der Waals surface area (Å²) in [5, 5.41) is 2.87. The van der Waals surface area contributed by atoms with E-state index in [1.165, 1.54) is 24.3 Å². The third-order valence-corrected chi connectivity index (χ3v) is 4.91. The number of hydrogen-bond donors (Lipinski definition) is 1. The average molecular weight is 443 g/mol. The van der Waals surface area contributed by atoms with E-state index < -0.39 is 0 Å². The largest absolute Gasteiger partial charge is 0.486 e. The molecule has 0 fully saturated rings. The van der Waals surface area contributed by atoms with Crippen molar-refractivity contribution in [3.8, 4) is 34.4 Å². The molecule has 7 nitrogen and oxygen atoms in total. The predicted molar refractivity (Wildman–Crippen MR) is 119 cm³/mol. The molecule has 0 atom stereocenters. The van der Waals surface area contributed by atoms with Crippen molar-refractivity contribution in [2.45, 2.75) is 0 Å². The third kappa shape index (κ3) is 4.74. The number of benzene rings is 3. The number of nitrogens with zero attached hydrogens (tertiary/aromatic N) is 2. The number of halogens is 1. The molecule has 33 heavy (non-hydrogen) atoms. The minimum absolute atomic E-state index is 0.137. The first-order valence-corrected chi connectivity index (χ1v) is 10.2. The SMILES string of the molecule is O=C(Nc1ccc2c(c1)OCCO2)c1cccc(-c2cnc(Oc3ccc(F)cc3)nc2)c1. The Labute approximate surface area is 188 Å². The van der Waals surface area contributed by atoms with Crippen molar-refractivity contribution < 1.29 is 23.4 Å². The molecule has 1 N–H and O–H groups in total. The van der Waals surface area contributed by atoms with Gasteiger partial charge in [0.25, 0.3) is 5.91 Å². The molecular formula is C25H18FN3O4. The second kappa shape index (κ2) is 8.96. The van der Waals surface area contributed by atoms with Crippen LogP contribution in [0.4, 0.5) is 10.1 Å². The van der Waals surface area contributed by atoms with Crippen LogP contribution in [0.3, 0.4) is 0 Å². The Hall–Kier alpha value is -4.46. The van der Waals surface area contributed by atoms with Crippen molar-refractivity contribution >= 4 is 11.6 Å². The topological polar surface area (TPSA) is 82.6 Å². The van der Waals surface area contributed by atoms with E-state index >= 15 is 0 Å². The van der Waals surface area contributed by atoms with Crippen molar-refractivity contribution in [3.63, 3.8) is 0 Å². The quantitative estimate of drug-likeness (QED) is 0.462. The fourth-order valence-electron chi connectivity index (χ4n) is 3.29. The van der Waals surface area contributed by atoms with Gasteiger partial charge in [0, 0.05) is 35.3 Å². The van der Waals surface area contributed by atoms with Crippen LogP contribution >= 0.6 is 0 Å². The summed E-state index contributed by atoms with van der Waals surface area (Å²) in [5.41, 5.74) is 2.59. The van der Waals surface area contributed by atoms with Crippen molar-refractivity contribution in [1.82, 2.24) is 9.97 Å². The Balaban J connectivity index is 1.29. The summed E-state index contributed by atoms with van der Waals surface area (Å²) in [5.74, 6) is 1.09. The molecule has 5 rings (SSSR count). The second-order valence-corrected chi connectivity index (χ2v) is 7.20. The number of anilines is 1. The first-order valence-electron chi connectivity index (χ1n) is 10.2. The van der Waals surface area contributed by atoms with Crippen LogP contribution in [0, 0.1) is 5.82 Å². The molecule has 8 heteroatoms. The molecule has 0 saturated carbocycles. The van der Waals surface area contributed by atoms with Gasteiger partial charge < -0.3 is 19.5 Å². The molecule has 2 heterocycles. The Kier molecular flexibility index (Phi) is 5.55. The summed E-state index contributed by atoms with van der Waals surface area (Å²) in [6, 6.07) is 18.1. The highest BCUT2D eigenvalue weighted by molar-refractivity contribution is 6.05. The lowest BCUT2D eigenvalue weighted by molar-refractivity contribution is 0.102. The summed E-state index contributed by atoms with van der Waals surface area (Å²) in [6.45, 7) is 0.983. The average Bonchev–Trinajstić information content (AvgIpc) is 2.86. The highest BCUT2D eigenvalue weighted by Crippen LogP contribution is 2.33. The van der Waals surface area contributed by atoms with E-state index in [1.807, 2.05) is 6.07 Å². The Morgan fingerprint density at radius 2 is 1.64 bits per heavy atom. The molecule has 1 aromatic heterocycles. The predicted octanol–water partition coefficient (Wildman–Crippen LogP) is 5.10. The summed E-state index contributed by atoms with van der Waals surface area (Å²) < 4.78 is 29.6. The van der Waals surface area contributed by atoms with Crippen LogP contribution in [0.2, 0.25) is 0 Å². The normalized spacial score (nSPS) is 12.2. The standard InChI is InChI=1S/C25H18FN3O4/c26-19-4-7-21(8-5-19)33-25-27-14-18(15-28-25)16-2-1-3-17(12-16)24(30)29-20-6-9-22-23(13-20)32-11-10-31-22/h1-9,12-15H,10-11H2,(H,29,30). The maximum atomic E-state index is 13.0. The van der Waals surface area contributed by atoms with Gasteiger partial charge in [0.2, 0.25) is 0 Å². The van der Waals surface area contributed by atoms with Gasteiger partial charge in [0.15, 0.2) is 11.5 Å². The van der Waals surface area contributed by atoms with E-state index in [-0.39, 0.29) is 17.7 Å². The number of hydrogen-bond acceptors (Lipinski definition) is 6. The molecule has 1 amide bonds. The third-order valence-electron chi connectivity index (χ3n) is 4.91. The number of ether oxygens (including phenoxy) is 3. The van der Waals surface area contributed by atoms with Gasteiger partial charge in [-0.1, -0.05) is 12.1 Å². The van der Waals surface area contributed by atoms with Crippen LogP contribution in [0.1, 0.15) is 10.4 Å². The highest BCUT2D eigenvalue weighted by Gasteiger charge is 2.14. The van der Waals surface area contributed by atoms with Crippen LogP contribution in [-0.4, -0.2) is 29.1 Å². The lowest BCUT2D eigenvalue weighted by atomic mass is 10.1. The molecule has 0 spiro atoms. The molecule has 1 aliphatic rings. The molecule has 1 aliphatic heterocycles. The monoisotopic (exact) mass is 443 g/mol. The summed E-state index contributed by atoms with van der Waals surface area (Å²) in [4.78, 5) is 21.2. The Morgan fingerprint density at radius 1 is 0.879 bits per heavy atom. The van der Waals surface area contributed by atoms with Gasteiger partial charge >= 0.3 is 6.01 Å². The molecular weight excluding hydrogens is 425 g/mol. The van der Waals surface area contributed by atoms with Gasteiger partial charge in [-0.05, 0) is 54.1 Å². The minimum Gasteiger partial charge on any atom is -0.486 e. The number of carbonyl (C=O) groups excluding carboxylic acids is 1. The van der Waals surface area contributed by atoms with E-state index in [2.05, 4.69) is 15.3 Å². The molecule has 0 aliphatic carbocycles. The number of rotatable bonds is 5. The minimum atomic E-state index is -0.350. The first-order chi connectivity index (χ1) is 16.1. The zero-order valence-corrected chi connectivity index (χ0v) is 17.3. The molecule has 0 saturated heterocycles. The molecule has 4 aromatic rings. The first kappa shape index (κ1) is 20.4. The number of carbonyl (C=O) groups is 1. The maximum absolute atomic E-state index is 13.0. The van der Waals surface area contributed by atoms with Crippen molar-refractivity contribution in [1.29, 1.82) is 0 Å². The van der Waals surface area contributed by atoms with E-state index in [0.717, 1.165) is 11.1 Å². The van der Waals surface area contributed by atoms with E-state index in [0.29, 0.717) is 41.7 Å². The summed E-state index contributed by atoms with van der Waals surface area (Å²) >= 11 is 0. The van der Waals surface area contributed by atoms with Crippen LogP contribution in [0.5, 0.6) is 23.3 Å². The van der Waals surface area contributed by atoms with Gasteiger partial charge in [-0.25, -0.2) is 14.4 Å². The zero-order valence-electron chi connectivity index (χ0n) is 17.3. The molecule has 164 valence electrons. The van der Waals surface area contributed by atoms with Gasteiger partial charge in [-0.2, -0.15) is 0 Å². The number of fused-ring (bicyclic) bond motifs is 1. The fraction of sp³-hybridized carbons (Fsp3) is 0.0800. The van der Waals surface area contributed by atoms with Crippen molar-refractivity contribution in [2.24, 2.45) is 0 Å². The van der Waals surface area contributed by atoms with Crippen LogP contribution in [0.15, 0.2) is 79.1 Å². The van der Waals surface area contributed by atoms with Gasteiger partial charge in [-0.15, -0.1) is 0 Å². The molecule has 0 unspecified atom stereocenters. The molecule has 3 aromatic carbocycles. The smallest absolute Gasteiger partial charge is 0.321 e. The van der Waals surface area contributed by atoms with E-state index in [4.69, 9.17) is 14.2 Å². The molecule has 0 bridgehead atoms. The van der Waals surface area contributed by atoms with Gasteiger partial charge in [0.1, 0.15) is 24.8 Å². The van der Waals surface area contributed by atoms with Gasteiger partial charge in [-0.3, -0.25) is 4.79 Å². The van der Waals surface area contributed by atoms with Crippen LogP contribution in [0.25, 0.3) is 11.1 Å². The Bertz CT molecular complexity index is 1290.